The Morgan fingerprint density at radius 2 is 2.50 bits per heavy atom. The molecule has 0 aromatic carbocycles. The first kappa shape index (κ1) is 11.1. The zero-order valence-corrected chi connectivity index (χ0v) is 9.49. The minimum Gasteiger partial charge on any atom is -0.327 e. The van der Waals surface area contributed by atoms with Gasteiger partial charge in [0.15, 0.2) is 5.82 Å². The lowest BCUT2D eigenvalue weighted by Gasteiger charge is -2.13. The van der Waals surface area contributed by atoms with Gasteiger partial charge in [-0.1, -0.05) is 13.3 Å². The van der Waals surface area contributed by atoms with E-state index in [9.17, 15) is 4.79 Å². The van der Waals surface area contributed by atoms with E-state index in [1.54, 1.807) is 0 Å². The van der Waals surface area contributed by atoms with E-state index in [4.69, 9.17) is 5.73 Å². The van der Waals surface area contributed by atoms with Gasteiger partial charge in [-0.3, -0.25) is 9.89 Å². The summed E-state index contributed by atoms with van der Waals surface area (Å²) in [6, 6.07) is 1.86. The van der Waals surface area contributed by atoms with E-state index in [1.165, 1.54) is 0 Å². The van der Waals surface area contributed by atoms with Gasteiger partial charge in [0.1, 0.15) is 0 Å². The quantitative estimate of drug-likeness (QED) is 0.714. The average molecular weight is 222 g/mol. The average Bonchev–Trinajstić information content (AvgIpc) is 2.86. The Labute approximate surface area is 94.8 Å². The number of rotatable bonds is 3. The first-order valence-electron chi connectivity index (χ1n) is 5.81. The van der Waals surface area contributed by atoms with Crippen LogP contribution >= 0.6 is 0 Å². The zero-order chi connectivity index (χ0) is 11.5. The van der Waals surface area contributed by atoms with Gasteiger partial charge in [-0.2, -0.15) is 5.10 Å². The number of H-pyrrole nitrogens is 1. The topological polar surface area (TPSA) is 83.8 Å². The minimum atomic E-state index is -0.0539. The first-order chi connectivity index (χ1) is 7.70. The van der Waals surface area contributed by atoms with Crippen molar-refractivity contribution >= 4 is 11.7 Å². The Morgan fingerprint density at radius 1 is 1.69 bits per heavy atom. The molecule has 0 aliphatic heterocycles. The maximum absolute atomic E-state index is 11.9. The normalized spacial score (nSPS) is 24.6. The molecule has 5 heteroatoms. The van der Waals surface area contributed by atoms with E-state index in [0.717, 1.165) is 31.4 Å². The number of aryl methyl sites for hydroxylation is 1. The van der Waals surface area contributed by atoms with Gasteiger partial charge >= 0.3 is 0 Å². The molecule has 4 N–H and O–H groups in total. The number of nitrogens with one attached hydrogen (secondary N) is 2. The number of aromatic amines is 1. The third kappa shape index (κ3) is 2.24. The molecule has 1 heterocycles. The summed E-state index contributed by atoms with van der Waals surface area (Å²) in [5.74, 6) is 0.543. The van der Waals surface area contributed by atoms with Gasteiger partial charge in [0, 0.05) is 17.8 Å². The van der Waals surface area contributed by atoms with E-state index in [1.807, 2.05) is 13.0 Å². The number of hydrogen-bond donors (Lipinski definition) is 3. The highest BCUT2D eigenvalue weighted by molar-refractivity contribution is 5.92. The summed E-state index contributed by atoms with van der Waals surface area (Å²) in [7, 11) is 0. The standard InChI is InChI=1S/C11H18N4O/c1-2-7-6-10(15-14-7)13-11(16)8-4-3-5-9(8)12/h6,8-9H,2-5,12H2,1H3,(H2,13,14,15,16). The number of amides is 1. The predicted molar refractivity (Wildman–Crippen MR) is 61.9 cm³/mol. The fourth-order valence-corrected chi connectivity index (χ4v) is 2.14. The Kier molecular flexibility index (Phi) is 3.24. The molecule has 1 aromatic rings. The van der Waals surface area contributed by atoms with E-state index in [2.05, 4.69) is 15.5 Å². The van der Waals surface area contributed by atoms with Crippen molar-refractivity contribution in [2.45, 2.75) is 38.6 Å². The van der Waals surface area contributed by atoms with Crippen LogP contribution in [0.4, 0.5) is 5.82 Å². The van der Waals surface area contributed by atoms with Gasteiger partial charge in [-0.05, 0) is 19.3 Å². The molecule has 0 saturated heterocycles. The number of carbonyl (C=O) groups excluding carboxylic acids is 1. The van der Waals surface area contributed by atoms with Crippen LogP contribution in [0.25, 0.3) is 0 Å². The monoisotopic (exact) mass is 222 g/mol. The van der Waals surface area contributed by atoms with Crippen molar-refractivity contribution in [3.05, 3.63) is 11.8 Å². The lowest BCUT2D eigenvalue weighted by atomic mass is 10.0. The van der Waals surface area contributed by atoms with Gasteiger partial charge < -0.3 is 11.1 Å². The lowest BCUT2D eigenvalue weighted by molar-refractivity contribution is -0.120. The summed E-state index contributed by atoms with van der Waals surface area (Å²) in [6.07, 6.45) is 3.75. The van der Waals surface area contributed by atoms with Crippen LogP contribution in [0.2, 0.25) is 0 Å². The number of anilines is 1. The second-order valence-electron chi connectivity index (χ2n) is 4.32. The largest absolute Gasteiger partial charge is 0.327 e. The Morgan fingerprint density at radius 3 is 3.06 bits per heavy atom. The summed E-state index contributed by atoms with van der Waals surface area (Å²) in [4.78, 5) is 11.9. The van der Waals surface area contributed by atoms with Crippen LogP contribution in [0.15, 0.2) is 6.07 Å². The molecule has 0 bridgehead atoms. The van der Waals surface area contributed by atoms with Gasteiger partial charge in [0.25, 0.3) is 0 Å². The van der Waals surface area contributed by atoms with Gasteiger partial charge in [-0.15, -0.1) is 0 Å². The van der Waals surface area contributed by atoms with Crippen LogP contribution in [-0.4, -0.2) is 22.1 Å². The van der Waals surface area contributed by atoms with Crippen molar-refractivity contribution in [1.82, 2.24) is 10.2 Å². The van der Waals surface area contributed by atoms with Crippen molar-refractivity contribution in [2.24, 2.45) is 11.7 Å². The molecular formula is C11H18N4O. The molecular weight excluding hydrogens is 204 g/mol. The highest BCUT2D eigenvalue weighted by atomic mass is 16.2. The van der Waals surface area contributed by atoms with Crippen molar-refractivity contribution in [1.29, 1.82) is 0 Å². The molecule has 2 atom stereocenters. The van der Waals surface area contributed by atoms with Gasteiger partial charge in [0.2, 0.25) is 5.91 Å². The molecule has 1 aliphatic carbocycles. The predicted octanol–water partition coefficient (Wildman–Crippen LogP) is 1.04. The fourth-order valence-electron chi connectivity index (χ4n) is 2.14. The fraction of sp³-hybridized carbons (Fsp3) is 0.636. The second kappa shape index (κ2) is 4.65. The molecule has 5 nitrogen and oxygen atoms in total. The van der Waals surface area contributed by atoms with E-state index in [-0.39, 0.29) is 17.9 Å². The summed E-state index contributed by atoms with van der Waals surface area (Å²) in [5, 5.41) is 9.70. The SMILES string of the molecule is CCc1cc(NC(=O)C2CCCC2N)n[nH]1. The maximum Gasteiger partial charge on any atom is 0.230 e. The number of nitrogens with zero attached hydrogens (tertiary/aromatic N) is 1. The van der Waals surface area contributed by atoms with Crippen molar-refractivity contribution in [3.8, 4) is 0 Å². The van der Waals surface area contributed by atoms with E-state index < -0.39 is 0 Å². The Balaban J connectivity index is 1.96. The van der Waals surface area contributed by atoms with Crippen LogP contribution in [0.3, 0.4) is 0 Å². The third-order valence-electron chi connectivity index (χ3n) is 3.17. The minimum absolute atomic E-state index is 0.000784. The summed E-state index contributed by atoms with van der Waals surface area (Å²) < 4.78 is 0. The number of hydrogen-bond acceptors (Lipinski definition) is 3. The number of aromatic nitrogens is 2. The zero-order valence-electron chi connectivity index (χ0n) is 9.49. The lowest BCUT2D eigenvalue weighted by Crippen LogP contribution is -2.34. The van der Waals surface area contributed by atoms with Crippen LogP contribution in [0.5, 0.6) is 0 Å². The number of carbonyl (C=O) groups is 1. The van der Waals surface area contributed by atoms with Gasteiger partial charge in [0.05, 0.1) is 5.92 Å². The molecule has 1 aromatic heterocycles. The van der Waals surface area contributed by atoms with Crippen molar-refractivity contribution in [2.75, 3.05) is 5.32 Å². The molecule has 2 unspecified atom stereocenters. The van der Waals surface area contributed by atoms with E-state index >= 15 is 0 Å². The second-order valence-corrected chi connectivity index (χ2v) is 4.32. The molecule has 2 rings (SSSR count). The van der Waals surface area contributed by atoms with E-state index in [0.29, 0.717) is 5.82 Å². The van der Waals surface area contributed by atoms with Crippen LogP contribution in [0.1, 0.15) is 31.9 Å². The maximum atomic E-state index is 11.9. The van der Waals surface area contributed by atoms with Gasteiger partial charge in [-0.25, -0.2) is 0 Å². The molecule has 0 spiro atoms. The molecule has 1 amide bonds. The highest BCUT2D eigenvalue weighted by Gasteiger charge is 2.30. The third-order valence-corrected chi connectivity index (χ3v) is 3.17. The first-order valence-corrected chi connectivity index (χ1v) is 5.81. The summed E-state index contributed by atoms with van der Waals surface area (Å²) in [5.41, 5.74) is 6.90. The summed E-state index contributed by atoms with van der Waals surface area (Å²) >= 11 is 0. The molecule has 1 fully saturated rings. The molecule has 16 heavy (non-hydrogen) atoms. The van der Waals surface area contributed by atoms with Crippen LogP contribution in [-0.2, 0) is 11.2 Å². The van der Waals surface area contributed by atoms with Crippen LogP contribution < -0.4 is 11.1 Å². The Bertz CT molecular complexity index is 374. The molecule has 88 valence electrons. The summed E-state index contributed by atoms with van der Waals surface area (Å²) in [6.45, 7) is 2.03. The number of nitrogens with two attached hydrogens (primary N) is 1. The van der Waals surface area contributed by atoms with Crippen molar-refractivity contribution < 1.29 is 4.79 Å². The molecule has 1 aliphatic rings. The van der Waals surface area contributed by atoms with Crippen LogP contribution in [0, 0.1) is 5.92 Å². The smallest absolute Gasteiger partial charge is 0.230 e. The molecule has 0 radical (unpaired) electrons. The Hall–Kier alpha value is -1.36. The van der Waals surface area contributed by atoms with Crippen molar-refractivity contribution in [3.63, 3.8) is 0 Å². The molecule has 1 saturated carbocycles. The highest BCUT2D eigenvalue weighted by Crippen LogP contribution is 2.25.